The lowest BCUT2D eigenvalue weighted by Crippen LogP contribution is -2.43. The number of ether oxygens (including phenoxy) is 2. The molecule has 0 saturated carbocycles. The average molecular weight is 615 g/mol. The molecule has 1 fully saturated rings. The molecule has 0 radical (unpaired) electrons. The van der Waals surface area contributed by atoms with Crippen LogP contribution in [0, 0.1) is 0 Å². The van der Waals surface area contributed by atoms with Crippen molar-refractivity contribution in [3.63, 3.8) is 0 Å². The molecule has 0 bridgehead atoms. The summed E-state index contributed by atoms with van der Waals surface area (Å²) >= 11 is 3.40. The van der Waals surface area contributed by atoms with Crippen LogP contribution in [0.3, 0.4) is 0 Å². The molecular formula is C28H22BrF3N4O4. The number of aromatic nitrogens is 2. The topological polar surface area (TPSA) is 86.0 Å². The zero-order valence-electron chi connectivity index (χ0n) is 20.9. The van der Waals surface area contributed by atoms with Gasteiger partial charge in [-0.3, -0.25) is 9.59 Å². The second-order valence-electron chi connectivity index (χ2n) is 8.86. The highest BCUT2D eigenvalue weighted by molar-refractivity contribution is 9.10. The predicted molar refractivity (Wildman–Crippen MR) is 146 cm³/mol. The minimum absolute atomic E-state index is 0.0639. The first-order valence-electron chi connectivity index (χ1n) is 12.2. The fourth-order valence-electron chi connectivity index (χ4n) is 4.17. The van der Waals surface area contributed by atoms with Gasteiger partial charge in [0.2, 0.25) is 0 Å². The number of para-hydroxylation sites is 1. The Morgan fingerprint density at radius 3 is 2.62 bits per heavy atom. The predicted octanol–water partition coefficient (Wildman–Crippen LogP) is 4.96. The summed E-state index contributed by atoms with van der Waals surface area (Å²) in [6.07, 6.45) is -3.24. The summed E-state index contributed by atoms with van der Waals surface area (Å²) < 4.78 is 53.0. The molecule has 3 aromatic carbocycles. The number of rotatable bonds is 6. The molecule has 0 N–H and O–H groups in total. The normalized spacial score (nSPS) is 14.2. The van der Waals surface area contributed by atoms with Crippen LogP contribution in [-0.4, -0.2) is 59.6 Å². The summed E-state index contributed by atoms with van der Waals surface area (Å²) in [6.45, 7) is 1.67. The lowest BCUT2D eigenvalue weighted by molar-refractivity contribution is -0.138. The summed E-state index contributed by atoms with van der Waals surface area (Å²) in [7, 11) is 0. The molecule has 1 amide bonds. The fraction of sp³-hybridized carbons (Fsp3) is 0.214. The molecule has 2 heterocycles. The Hall–Kier alpha value is -4.03. The molecule has 1 aliphatic rings. The fourth-order valence-corrected chi connectivity index (χ4v) is 4.55. The van der Waals surface area contributed by atoms with Crippen molar-refractivity contribution in [3.8, 4) is 17.1 Å². The number of alkyl halides is 3. The molecule has 1 saturated heterocycles. The van der Waals surface area contributed by atoms with E-state index in [2.05, 4.69) is 26.0 Å². The maximum absolute atomic E-state index is 13.5. The van der Waals surface area contributed by atoms with Crippen LogP contribution in [0.15, 0.2) is 81.1 Å². The highest BCUT2D eigenvalue weighted by Gasteiger charge is 2.31. The van der Waals surface area contributed by atoms with Gasteiger partial charge in [-0.15, -0.1) is 0 Å². The number of carbonyl (C=O) groups is 1. The Morgan fingerprint density at radius 2 is 1.85 bits per heavy atom. The molecule has 8 nitrogen and oxygen atoms in total. The smallest absolute Gasteiger partial charge is 0.416 e. The Kier molecular flexibility index (Phi) is 7.99. The zero-order chi connectivity index (χ0) is 28.3. The van der Waals surface area contributed by atoms with Gasteiger partial charge < -0.3 is 14.4 Å². The molecular weight excluding hydrogens is 593 g/mol. The molecule has 0 atom stereocenters. The maximum Gasteiger partial charge on any atom is 0.416 e. The Morgan fingerprint density at radius 1 is 1.07 bits per heavy atom. The summed E-state index contributed by atoms with van der Waals surface area (Å²) in [4.78, 5) is 32.1. The number of fused-ring (bicyclic) bond motifs is 1. The number of benzene rings is 3. The van der Waals surface area contributed by atoms with Crippen LogP contribution in [0.1, 0.15) is 11.1 Å². The monoisotopic (exact) mass is 614 g/mol. The maximum atomic E-state index is 13.5. The van der Waals surface area contributed by atoms with E-state index < -0.39 is 17.3 Å². The number of morpholine rings is 1. The van der Waals surface area contributed by atoms with Gasteiger partial charge in [-0.2, -0.15) is 22.9 Å². The Balaban J connectivity index is 1.54. The van der Waals surface area contributed by atoms with Crippen molar-refractivity contribution in [2.45, 2.75) is 6.18 Å². The van der Waals surface area contributed by atoms with Gasteiger partial charge in [-0.1, -0.05) is 40.2 Å². The standard InChI is InChI=1S/C28H22BrF3N4O4/c29-21-8-9-24(40-17-25(37)35-10-12-39-13-11-35)19(15-21)16-33-36-26(18-4-3-5-20(14-18)28(30,31)32)34-23-7-2-1-6-22(23)27(36)38/h1-9,14-16H,10-13,17H2. The van der Waals surface area contributed by atoms with Gasteiger partial charge >= 0.3 is 6.18 Å². The van der Waals surface area contributed by atoms with Crippen LogP contribution >= 0.6 is 15.9 Å². The van der Waals surface area contributed by atoms with Gasteiger partial charge in [0.05, 0.1) is 35.9 Å². The van der Waals surface area contributed by atoms with Crippen LogP contribution in [0.25, 0.3) is 22.3 Å². The first kappa shape index (κ1) is 27.5. The van der Waals surface area contributed by atoms with Gasteiger partial charge in [0.15, 0.2) is 12.4 Å². The molecule has 0 spiro atoms. The van der Waals surface area contributed by atoms with E-state index >= 15 is 0 Å². The summed E-state index contributed by atoms with van der Waals surface area (Å²) in [5.41, 5.74) is -0.625. The van der Waals surface area contributed by atoms with E-state index in [9.17, 15) is 22.8 Å². The number of hydrogen-bond donors (Lipinski definition) is 0. The molecule has 1 aromatic heterocycles. The third-order valence-corrected chi connectivity index (χ3v) is 6.69. The highest BCUT2D eigenvalue weighted by Crippen LogP contribution is 2.32. The first-order valence-corrected chi connectivity index (χ1v) is 13.0. The second kappa shape index (κ2) is 11.6. The van der Waals surface area contributed by atoms with E-state index in [4.69, 9.17) is 9.47 Å². The van der Waals surface area contributed by atoms with E-state index in [-0.39, 0.29) is 29.3 Å². The second-order valence-corrected chi connectivity index (χ2v) is 9.77. The van der Waals surface area contributed by atoms with Crippen molar-refractivity contribution in [2.24, 2.45) is 5.10 Å². The molecule has 206 valence electrons. The van der Waals surface area contributed by atoms with Crippen molar-refractivity contribution in [1.29, 1.82) is 0 Å². The lowest BCUT2D eigenvalue weighted by atomic mass is 10.1. The number of halogens is 4. The van der Waals surface area contributed by atoms with Gasteiger partial charge in [-0.25, -0.2) is 4.98 Å². The van der Waals surface area contributed by atoms with E-state index in [0.29, 0.717) is 47.6 Å². The van der Waals surface area contributed by atoms with E-state index in [1.54, 1.807) is 47.4 Å². The third kappa shape index (κ3) is 6.07. The van der Waals surface area contributed by atoms with E-state index in [1.165, 1.54) is 18.3 Å². The summed E-state index contributed by atoms with van der Waals surface area (Å²) in [5, 5.41) is 4.58. The number of nitrogens with zero attached hydrogens (tertiary/aromatic N) is 4. The molecule has 0 aliphatic carbocycles. The van der Waals surface area contributed by atoms with Crippen molar-refractivity contribution in [1.82, 2.24) is 14.6 Å². The number of carbonyl (C=O) groups excluding carboxylic acids is 1. The van der Waals surface area contributed by atoms with Gasteiger partial charge in [0.25, 0.3) is 11.5 Å². The Bertz CT molecular complexity index is 1650. The number of amides is 1. The molecule has 12 heteroatoms. The summed E-state index contributed by atoms with van der Waals surface area (Å²) in [5.74, 6) is 0.0675. The zero-order valence-corrected chi connectivity index (χ0v) is 22.5. The lowest BCUT2D eigenvalue weighted by Gasteiger charge is -2.26. The minimum atomic E-state index is -4.58. The van der Waals surface area contributed by atoms with E-state index in [1.807, 2.05) is 0 Å². The molecule has 4 aromatic rings. The van der Waals surface area contributed by atoms with Crippen LogP contribution < -0.4 is 10.3 Å². The van der Waals surface area contributed by atoms with Gasteiger partial charge in [0, 0.05) is 28.7 Å². The molecule has 0 unspecified atom stereocenters. The van der Waals surface area contributed by atoms with Gasteiger partial charge in [-0.05, 0) is 42.5 Å². The molecule has 1 aliphatic heterocycles. The Labute approximate surface area is 234 Å². The van der Waals surface area contributed by atoms with Crippen molar-refractivity contribution in [3.05, 3.63) is 92.7 Å². The number of hydrogen-bond acceptors (Lipinski definition) is 6. The average Bonchev–Trinajstić information content (AvgIpc) is 2.96. The SMILES string of the molecule is O=C(COc1ccc(Br)cc1C=Nn1c(-c2cccc(C(F)(F)F)c2)nc2ccccc2c1=O)N1CCOCC1. The largest absolute Gasteiger partial charge is 0.483 e. The van der Waals surface area contributed by atoms with Gasteiger partial charge in [0.1, 0.15) is 5.75 Å². The van der Waals surface area contributed by atoms with Crippen LogP contribution in [0.2, 0.25) is 0 Å². The highest BCUT2D eigenvalue weighted by atomic mass is 79.9. The van der Waals surface area contributed by atoms with Crippen molar-refractivity contribution < 1.29 is 27.4 Å². The molecule has 5 rings (SSSR count). The van der Waals surface area contributed by atoms with Crippen molar-refractivity contribution in [2.75, 3.05) is 32.9 Å². The third-order valence-electron chi connectivity index (χ3n) is 6.20. The van der Waals surface area contributed by atoms with Crippen molar-refractivity contribution >= 4 is 39.0 Å². The molecule has 40 heavy (non-hydrogen) atoms. The van der Waals surface area contributed by atoms with Crippen LogP contribution in [-0.2, 0) is 15.7 Å². The summed E-state index contributed by atoms with van der Waals surface area (Å²) in [6, 6.07) is 16.1. The quantitative estimate of drug-likeness (QED) is 0.286. The van der Waals surface area contributed by atoms with Crippen LogP contribution in [0.5, 0.6) is 5.75 Å². The minimum Gasteiger partial charge on any atom is -0.483 e. The van der Waals surface area contributed by atoms with E-state index in [0.717, 1.165) is 16.8 Å². The first-order chi connectivity index (χ1) is 19.2. The van der Waals surface area contributed by atoms with Crippen LogP contribution in [0.4, 0.5) is 13.2 Å².